The number of benzene rings is 2. The maximum absolute atomic E-state index is 13.6. The van der Waals surface area contributed by atoms with E-state index in [4.69, 9.17) is 0 Å². The van der Waals surface area contributed by atoms with Crippen LogP contribution in [0.25, 0.3) is 10.8 Å². The van der Waals surface area contributed by atoms with Gasteiger partial charge in [-0.1, -0.05) is 24.3 Å². The third kappa shape index (κ3) is 1.13. The van der Waals surface area contributed by atoms with E-state index in [1.54, 1.807) is 6.07 Å². The molecule has 0 saturated carbocycles. The Morgan fingerprint density at radius 2 is 2.13 bits per heavy atom. The molecule has 0 heterocycles. The monoisotopic (exact) mass is 219 g/mol. The first-order chi connectivity index (χ1) is 7.31. The van der Waals surface area contributed by atoms with E-state index in [9.17, 15) is 8.60 Å². The topological polar surface area (TPSA) is 17.1 Å². The Balaban J connectivity index is 2.45. The van der Waals surface area contributed by atoms with Gasteiger partial charge in [0.2, 0.25) is 0 Å². The molecule has 0 aromatic heterocycles. The van der Waals surface area contributed by atoms with Gasteiger partial charge in [-0.25, -0.2) is 4.39 Å². The fourth-order valence-electron chi connectivity index (χ4n) is 2.31. The molecule has 1 nitrogen and oxygen atoms in total. The van der Waals surface area contributed by atoms with Gasteiger partial charge in [-0.3, -0.25) is 0 Å². The smallest absolute Gasteiger partial charge is 0.207 e. The predicted octanol–water partition coefficient (Wildman–Crippen LogP) is 3.00. The zero-order valence-electron chi connectivity index (χ0n) is 7.87. The second-order valence-electron chi connectivity index (χ2n) is 3.76. The van der Waals surface area contributed by atoms with Gasteiger partial charge in [0.05, 0.1) is 0 Å². The Labute approximate surface area is 90.4 Å². The normalized spacial score (nSPS) is 18.3. The van der Waals surface area contributed by atoms with E-state index in [1.165, 1.54) is 6.07 Å². The molecule has 0 aliphatic heterocycles. The fraction of sp³-hybridized carbons (Fsp3) is 0.167. The SMILES string of the molecule is O=[S+]C1Cc2c(F)ccc3cccc1c23. The molecule has 2 aromatic carbocycles. The van der Waals surface area contributed by atoms with Crippen molar-refractivity contribution in [2.24, 2.45) is 0 Å². The van der Waals surface area contributed by atoms with Crippen molar-refractivity contribution in [3.8, 4) is 0 Å². The van der Waals surface area contributed by atoms with Crippen LogP contribution in [0.1, 0.15) is 16.4 Å². The summed E-state index contributed by atoms with van der Waals surface area (Å²) in [6, 6.07) is 9.07. The molecule has 1 aliphatic carbocycles. The van der Waals surface area contributed by atoms with Crippen molar-refractivity contribution in [2.45, 2.75) is 11.7 Å². The molecule has 1 unspecified atom stereocenters. The van der Waals surface area contributed by atoms with Crippen LogP contribution in [0.2, 0.25) is 0 Å². The van der Waals surface area contributed by atoms with Crippen molar-refractivity contribution in [1.29, 1.82) is 0 Å². The lowest BCUT2D eigenvalue weighted by Crippen LogP contribution is -1.92. The first-order valence-corrected chi connectivity index (χ1v) is 5.60. The molecule has 3 heteroatoms. The number of halogens is 1. The quantitative estimate of drug-likeness (QED) is 0.674. The van der Waals surface area contributed by atoms with Gasteiger partial charge >= 0.3 is 11.7 Å². The van der Waals surface area contributed by atoms with Gasteiger partial charge in [0.1, 0.15) is 5.82 Å². The van der Waals surface area contributed by atoms with Gasteiger partial charge in [0.15, 0.2) is 0 Å². The number of hydrogen-bond donors (Lipinski definition) is 0. The first kappa shape index (κ1) is 8.92. The van der Waals surface area contributed by atoms with Crippen LogP contribution in [0.4, 0.5) is 4.39 Å². The summed E-state index contributed by atoms with van der Waals surface area (Å²) in [6.45, 7) is 0. The lowest BCUT2D eigenvalue weighted by molar-refractivity contribution is 0.595. The van der Waals surface area contributed by atoms with Crippen molar-refractivity contribution in [1.82, 2.24) is 0 Å². The van der Waals surface area contributed by atoms with Crippen LogP contribution >= 0.6 is 0 Å². The van der Waals surface area contributed by atoms with Crippen molar-refractivity contribution in [3.05, 3.63) is 47.3 Å². The van der Waals surface area contributed by atoms with E-state index in [0.717, 1.165) is 16.3 Å². The molecule has 0 fully saturated rings. The van der Waals surface area contributed by atoms with Crippen LogP contribution in [0.5, 0.6) is 0 Å². The highest BCUT2D eigenvalue weighted by Gasteiger charge is 2.35. The number of rotatable bonds is 1. The Kier molecular flexibility index (Phi) is 1.83. The molecule has 0 N–H and O–H groups in total. The van der Waals surface area contributed by atoms with Gasteiger partial charge in [-0.15, -0.1) is 0 Å². The maximum Gasteiger partial charge on any atom is 0.467 e. The molecule has 0 saturated heterocycles. The van der Waals surface area contributed by atoms with Gasteiger partial charge < -0.3 is 0 Å². The van der Waals surface area contributed by atoms with Gasteiger partial charge in [0, 0.05) is 21.8 Å². The van der Waals surface area contributed by atoms with Gasteiger partial charge in [-0.05, 0) is 16.8 Å². The van der Waals surface area contributed by atoms with Gasteiger partial charge in [-0.2, -0.15) is 0 Å². The molecule has 3 rings (SSSR count). The van der Waals surface area contributed by atoms with Crippen molar-refractivity contribution < 1.29 is 8.60 Å². The van der Waals surface area contributed by atoms with E-state index < -0.39 is 0 Å². The Morgan fingerprint density at radius 1 is 1.27 bits per heavy atom. The average Bonchev–Trinajstić information content (AvgIpc) is 2.65. The van der Waals surface area contributed by atoms with Crippen molar-refractivity contribution in [3.63, 3.8) is 0 Å². The Bertz CT molecular complexity index is 565. The van der Waals surface area contributed by atoms with E-state index in [-0.39, 0.29) is 11.1 Å². The molecule has 0 spiro atoms. The van der Waals surface area contributed by atoms with Crippen LogP contribution in [0.3, 0.4) is 0 Å². The fourth-order valence-corrected chi connectivity index (χ4v) is 2.84. The minimum absolute atomic E-state index is 0.124. The molecule has 1 atom stereocenters. The standard InChI is InChI=1S/C12H8FOS/c13-10-5-4-7-2-1-3-8-11(15-14)6-9(10)12(7)8/h1-5,11H,6H2/q+1. The minimum atomic E-state index is -0.188. The highest BCUT2D eigenvalue weighted by atomic mass is 32.1. The molecular formula is C12H8FOS+. The molecule has 1 aliphatic rings. The highest BCUT2D eigenvalue weighted by Crippen LogP contribution is 2.39. The summed E-state index contributed by atoms with van der Waals surface area (Å²) >= 11 is 0.554. The lowest BCUT2D eigenvalue weighted by Gasteiger charge is -2.00. The molecule has 74 valence electrons. The van der Waals surface area contributed by atoms with Crippen molar-refractivity contribution >= 4 is 22.4 Å². The number of hydrogen-bond acceptors (Lipinski definition) is 1. The average molecular weight is 219 g/mol. The summed E-state index contributed by atoms with van der Waals surface area (Å²) in [4.78, 5) is 0. The van der Waals surface area contributed by atoms with E-state index in [0.29, 0.717) is 23.7 Å². The maximum atomic E-state index is 13.6. The van der Waals surface area contributed by atoms with Crippen LogP contribution < -0.4 is 0 Å². The summed E-state index contributed by atoms with van der Waals surface area (Å²) < 4.78 is 24.5. The Hall–Kier alpha value is -1.35. The summed E-state index contributed by atoms with van der Waals surface area (Å²) in [5.41, 5.74) is 1.69. The van der Waals surface area contributed by atoms with Gasteiger partial charge in [0.25, 0.3) is 5.25 Å². The molecule has 0 amide bonds. The zero-order valence-corrected chi connectivity index (χ0v) is 8.68. The third-order valence-corrected chi connectivity index (χ3v) is 3.63. The minimum Gasteiger partial charge on any atom is -0.207 e. The van der Waals surface area contributed by atoms with E-state index in [1.807, 2.05) is 18.2 Å². The second kappa shape index (κ2) is 3.07. The lowest BCUT2D eigenvalue weighted by atomic mass is 10.1. The molecule has 15 heavy (non-hydrogen) atoms. The molecule has 2 aromatic rings. The predicted molar refractivity (Wildman–Crippen MR) is 58.4 cm³/mol. The van der Waals surface area contributed by atoms with E-state index in [2.05, 4.69) is 0 Å². The first-order valence-electron chi connectivity index (χ1n) is 4.80. The summed E-state index contributed by atoms with van der Waals surface area (Å²) in [6.07, 6.45) is 0.524. The zero-order chi connectivity index (χ0) is 10.4. The summed E-state index contributed by atoms with van der Waals surface area (Å²) in [5.74, 6) is -0.188. The van der Waals surface area contributed by atoms with Crippen LogP contribution in [-0.4, -0.2) is 0 Å². The highest BCUT2D eigenvalue weighted by molar-refractivity contribution is 7.65. The largest absolute Gasteiger partial charge is 0.467 e. The van der Waals surface area contributed by atoms with Crippen molar-refractivity contribution in [2.75, 3.05) is 0 Å². The Morgan fingerprint density at radius 3 is 2.93 bits per heavy atom. The molecule has 0 bridgehead atoms. The van der Waals surface area contributed by atoms with Crippen LogP contribution in [0, 0.1) is 5.82 Å². The summed E-state index contributed by atoms with van der Waals surface area (Å²) in [5, 5.41) is 1.85. The molecule has 0 radical (unpaired) electrons. The van der Waals surface area contributed by atoms with E-state index >= 15 is 0 Å². The third-order valence-electron chi connectivity index (χ3n) is 2.98. The second-order valence-corrected chi connectivity index (χ2v) is 4.52. The molecular weight excluding hydrogens is 211 g/mol. The summed E-state index contributed by atoms with van der Waals surface area (Å²) in [7, 11) is 0. The van der Waals surface area contributed by atoms with Crippen LogP contribution in [-0.2, 0) is 22.3 Å². The van der Waals surface area contributed by atoms with Crippen LogP contribution in [0.15, 0.2) is 30.3 Å².